The van der Waals surface area contributed by atoms with Crippen molar-refractivity contribution in [1.82, 2.24) is 0 Å². The quantitative estimate of drug-likeness (QED) is 0.391. The number of hydrogen-bond acceptors (Lipinski definition) is 0. The molecule has 34 heavy (non-hydrogen) atoms. The normalized spacial score (nSPS) is 38.6. The summed E-state index contributed by atoms with van der Waals surface area (Å²) in [6.45, 7) is 0. The molecule has 0 aliphatic heterocycles. The van der Waals surface area contributed by atoms with Crippen LogP contribution in [0.15, 0.2) is 48.5 Å². The monoisotopic (exact) mass is 490 g/mol. The van der Waals surface area contributed by atoms with Crippen LogP contribution in [0.4, 0.5) is 35.1 Å². The minimum atomic E-state index is -2.11. The third-order valence-electron chi connectivity index (χ3n) is 7.09. The molecule has 2 aromatic rings. The molecule has 0 bridgehead atoms. The van der Waals surface area contributed by atoms with Crippen molar-refractivity contribution in [3.8, 4) is 0 Å². The first kappa shape index (κ1) is 25.0. The fourth-order valence-electron chi connectivity index (χ4n) is 5.04. The van der Waals surface area contributed by atoms with E-state index >= 15 is 0 Å². The molecule has 0 radical (unpaired) electrons. The summed E-state index contributed by atoms with van der Waals surface area (Å²) in [6.07, 6.45) is -17.1. The fraction of sp³-hybridized carbons (Fsp3) is 0.538. The highest BCUT2D eigenvalue weighted by Crippen LogP contribution is 2.41. The van der Waals surface area contributed by atoms with Gasteiger partial charge in [0, 0.05) is 12.8 Å². The summed E-state index contributed by atoms with van der Waals surface area (Å²) in [4.78, 5) is 0. The molecule has 4 rings (SSSR count). The van der Waals surface area contributed by atoms with Crippen molar-refractivity contribution >= 4 is 0 Å². The Balaban J connectivity index is 1.38. The maximum Gasteiger partial charge on any atom is 0.141 e. The van der Waals surface area contributed by atoms with Crippen molar-refractivity contribution < 1.29 is 35.1 Å². The average Bonchev–Trinajstić information content (AvgIpc) is 2.82. The molecule has 2 fully saturated rings. The third-order valence-corrected chi connectivity index (χ3v) is 7.09. The summed E-state index contributed by atoms with van der Waals surface area (Å²) in [7, 11) is 0. The highest BCUT2D eigenvalue weighted by Gasteiger charge is 2.48. The summed E-state index contributed by atoms with van der Waals surface area (Å²) < 4.78 is 112. The first-order valence-corrected chi connectivity index (χ1v) is 11.5. The van der Waals surface area contributed by atoms with Gasteiger partial charge in [0.1, 0.15) is 49.4 Å². The molecule has 0 saturated heterocycles. The SMILES string of the molecule is F[C@@H]1C[C@H](F)[C@H](F)C(c2ccc(CCc3ccc(C4[C@@H](F)[C@@H](F)C[C@@H](F)[C@H]4F)cc3)cc2)[C@@H]1F. The first-order valence-electron chi connectivity index (χ1n) is 11.5. The predicted molar refractivity (Wildman–Crippen MR) is 114 cm³/mol. The molecule has 0 amide bonds. The Labute approximate surface area is 193 Å². The highest BCUT2D eigenvalue weighted by molar-refractivity contribution is 5.32. The zero-order chi connectivity index (χ0) is 24.6. The van der Waals surface area contributed by atoms with Crippen molar-refractivity contribution in [1.29, 1.82) is 0 Å². The molecule has 0 N–H and O–H groups in total. The molecule has 0 heterocycles. The van der Waals surface area contributed by atoms with E-state index in [-0.39, 0.29) is 11.1 Å². The first-order chi connectivity index (χ1) is 16.2. The number of halogens is 8. The molecule has 2 aliphatic carbocycles. The van der Waals surface area contributed by atoms with E-state index in [0.29, 0.717) is 12.8 Å². The lowest BCUT2D eigenvalue weighted by Crippen LogP contribution is -2.43. The number of alkyl halides is 8. The molecule has 2 unspecified atom stereocenters. The smallest absolute Gasteiger partial charge is 0.141 e. The van der Waals surface area contributed by atoms with Crippen LogP contribution in [0.3, 0.4) is 0 Å². The van der Waals surface area contributed by atoms with Crippen molar-refractivity contribution in [3.63, 3.8) is 0 Å². The zero-order valence-corrected chi connectivity index (χ0v) is 18.2. The van der Waals surface area contributed by atoms with Crippen molar-refractivity contribution in [3.05, 3.63) is 70.8 Å². The lowest BCUT2D eigenvalue weighted by molar-refractivity contribution is -0.00571. The minimum Gasteiger partial charge on any atom is -0.244 e. The van der Waals surface area contributed by atoms with Gasteiger partial charge in [-0.3, -0.25) is 0 Å². The standard InChI is InChI=1S/C26H26F8/c27-17-11-18(28)24(32)21(23(17)31)15-7-3-13(4-8-15)1-2-14-5-9-16(10-6-14)22-25(33)19(29)12-20(30)26(22)34/h3-10,17-26H,1-2,11-12H2/t17-,18+,19-,20+,21?,22?,23-,24+,25-,26+. The lowest BCUT2D eigenvalue weighted by atomic mass is 9.78. The van der Waals surface area contributed by atoms with Crippen LogP contribution in [0.25, 0.3) is 0 Å². The van der Waals surface area contributed by atoms with Gasteiger partial charge in [0.05, 0.1) is 11.8 Å². The number of rotatable bonds is 5. The maximum absolute atomic E-state index is 14.2. The number of hydrogen-bond donors (Lipinski definition) is 0. The minimum absolute atomic E-state index is 0.199. The summed E-state index contributed by atoms with van der Waals surface area (Å²) in [6, 6.07) is 12.5. The van der Waals surface area contributed by atoms with E-state index in [1.807, 2.05) is 0 Å². The Morgan fingerprint density at radius 1 is 0.441 bits per heavy atom. The van der Waals surface area contributed by atoms with E-state index in [2.05, 4.69) is 0 Å². The van der Waals surface area contributed by atoms with E-state index < -0.39 is 74.1 Å². The second-order valence-electron chi connectivity index (χ2n) is 9.35. The van der Waals surface area contributed by atoms with Crippen LogP contribution in [0.5, 0.6) is 0 Å². The fourth-order valence-corrected chi connectivity index (χ4v) is 5.04. The summed E-state index contributed by atoms with van der Waals surface area (Å²) in [5, 5.41) is 0. The van der Waals surface area contributed by atoms with E-state index in [1.165, 1.54) is 24.3 Å². The van der Waals surface area contributed by atoms with Gasteiger partial charge in [-0.2, -0.15) is 0 Å². The van der Waals surface area contributed by atoms with Gasteiger partial charge in [-0.15, -0.1) is 0 Å². The van der Waals surface area contributed by atoms with Crippen molar-refractivity contribution in [2.24, 2.45) is 0 Å². The van der Waals surface area contributed by atoms with Gasteiger partial charge in [-0.25, -0.2) is 35.1 Å². The van der Waals surface area contributed by atoms with Crippen LogP contribution in [0.1, 0.15) is 46.9 Å². The highest BCUT2D eigenvalue weighted by atomic mass is 19.2. The van der Waals surface area contributed by atoms with Gasteiger partial charge in [0.2, 0.25) is 0 Å². The van der Waals surface area contributed by atoms with E-state index in [1.54, 1.807) is 24.3 Å². The third kappa shape index (κ3) is 4.96. The molecular weight excluding hydrogens is 464 g/mol. The Bertz CT molecular complexity index is 827. The van der Waals surface area contributed by atoms with Crippen molar-refractivity contribution in [2.75, 3.05) is 0 Å². The van der Waals surface area contributed by atoms with Crippen molar-refractivity contribution in [2.45, 2.75) is 86.9 Å². The Kier molecular flexibility index (Phi) is 7.53. The molecule has 186 valence electrons. The van der Waals surface area contributed by atoms with Crippen LogP contribution in [-0.4, -0.2) is 49.4 Å². The molecule has 10 atom stereocenters. The summed E-state index contributed by atoms with van der Waals surface area (Å²) in [5.41, 5.74) is 2.04. The van der Waals surface area contributed by atoms with Crippen LogP contribution < -0.4 is 0 Å². The Hall–Kier alpha value is -2.12. The molecule has 2 aromatic carbocycles. The van der Waals surface area contributed by atoms with Gasteiger partial charge in [0.25, 0.3) is 0 Å². The second kappa shape index (κ2) is 10.2. The van der Waals surface area contributed by atoms with E-state index in [9.17, 15) is 35.1 Å². The van der Waals surface area contributed by atoms with Crippen LogP contribution in [0.2, 0.25) is 0 Å². The molecule has 0 aromatic heterocycles. The second-order valence-corrected chi connectivity index (χ2v) is 9.35. The molecule has 8 heteroatoms. The molecule has 2 aliphatic rings. The van der Waals surface area contributed by atoms with Gasteiger partial charge in [0.15, 0.2) is 0 Å². The van der Waals surface area contributed by atoms with Gasteiger partial charge in [-0.05, 0) is 35.1 Å². The van der Waals surface area contributed by atoms with E-state index in [0.717, 1.165) is 11.1 Å². The lowest BCUT2D eigenvalue weighted by Gasteiger charge is -2.34. The molecule has 0 spiro atoms. The topological polar surface area (TPSA) is 0 Å². The largest absolute Gasteiger partial charge is 0.244 e. The number of aryl methyl sites for hydroxylation is 2. The summed E-state index contributed by atoms with van der Waals surface area (Å²) in [5.74, 6) is -2.99. The zero-order valence-electron chi connectivity index (χ0n) is 18.2. The van der Waals surface area contributed by atoms with Crippen LogP contribution in [0, 0.1) is 0 Å². The number of benzene rings is 2. The molecular formula is C26H26F8. The Morgan fingerprint density at radius 2 is 0.706 bits per heavy atom. The average molecular weight is 490 g/mol. The van der Waals surface area contributed by atoms with E-state index in [4.69, 9.17) is 0 Å². The summed E-state index contributed by atoms with van der Waals surface area (Å²) >= 11 is 0. The van der Waals surface area contributed by atoms with Gasteiger partial charge >= 0.3 is 0 Å². The Morgan fingerprint density at radius 3 is 0.971 bits per heavy atom. The van der Waals surface area contributed by atoms with Gasteiger partial charge < -0.3 is 0 Å². The van der Waals surface area contributed by atoms with Crippen LogP contribution in [-0.2, 0) is 12.8 Å². The molecule has 0 nitrogen and oxygen atoms in total. The van der Waals surface area contributed by atoms with Gasteiger partial charge in [-0.1, -0.05) is 48.5 Å². The predicted octanol–water partition coefficient (Wildman–Crippen LogP) is 7.15. The van der Waals surface area contributed by atoms with Crippen LogP contribution >= 0.6 is 0 Å². The maximum atomic E-state index is 14.2. The molecule has 2 saturated carbocycles.